The van der Waals surface area contributed by atoms with Crippen LogP contribution < -0.4 is 69.3 Å². The van der Waals surface area contributed by atoms with Gasteiger partial charge in [-0.2, -0.15) is 0 Å². The van der Waals surface area contributed by atoms with E-state index in [4.69, 9.17) is 24.4 Å². The molecule has 2 fully saturated rings. The molecule has 2 aliphatic heterocycles. The van der Waals surface area contributed by atoms with Crippen LogP contribution >= 0.6 is 0 Å². The average Bonchev–Trinajstić information content (AvgIpc) is 2.98. The molecule has 0 aromatic rings. The topological polar surface area (TPSA) is 270 Å². The van der Waals surface area contributed by atoms with E-state index >= 15 is 0 Å². The van der Waals surface area contributed by atoms with Gasteiger partial charge in [0, 0.05) is 11.9 Å². The van der Waals surface area contributed by atoms with Crippen molar-refractivity contribution in [1.29, 1.82) is 0 Å². The fourth-order valence-corrected chi connectivity index (χ4v) is 2.84. The Morgan fingerprint density at radius 1 is 0.788 bits per heavy atom. The molecule has 2 rings (SSSR count). The number of rotatable bonds is 8. The van der Waals surface area contributed by atoms with Gasteiger partial charge in [0.15, 0.2) is 6.29 Å². The fourth-order valence-electron chi connectivity index (χ4n) is 2.84. The summed E-state index contributed by atoms with van der Waals surface area (Å²) in [5, 5.41) is 95.7. The Morgan fingerprint density at radius 3 is 1.64 bits per heavy atom. The van der Waals surface area contributed by atoms with Crippen molar-refractivity contribution in [3.05, 3.63) is 0 Å². The Bertz CT molecular complexity index is 582. The minimum absolute atomic E-state index is 0. The van der Waals surface area contributed by atoms with E-state index in [0.717, 1.165) is 0 Å². The number of hydrogen-bond donors (Lipinski definition) is 8. The number of carboxylic acids is 2. The summed E-state index contributed by atoms with van der Waals surface area (Å²) in [6.45, 7) is -2.32. The molecule has 33 heavy (non-hydrogen) atoms. The van der Waals surface area contributed by atoms with Crippen LogP contribution in [0.2, 0.25) is 0 Å². The summed E-state index contributed by atoms with van der Waals surface area (Å²) in [5.74, 6) is -4.95. The molecule has 8 N–H and O–H groups in total. The van der Waals surface area contributed by atoms with Gasteiger partial charge in [0.25, 0.3) is 0 Å². The summed E-state index contributed by atoms with van der Waals surface area (Å²) in [6.07, 6.45) is -13.6. The molecule has 2 aliphatic rings. The zero-order valence-corrected chi connectivity index (χ0v) is 22.1. The van der Waals surface area contributed by atoms with E-state index in [1.165, 1.54) is 0 Å². The Morgan fingerprint density at radius 2 is 1.27 bits per heavy atom. The van der Waals surface area contributed by atoms with Crippen LogP contribution in [-0.2, 0) is 23.8 Å². The second-order valence-electron chi connectivity index (χ2n) is 6.80. The van der Waals surface area contributed by atoms with Gasteiger partial charge < -0.3 is 74.9 Å². The molecule has 17 heteroatoms. The summed E-state index contributed by atoms with van der Waals surface area (Å²) in [4.78, 5) is 19.0. The maximum atomic E-state index is 10.00. The molecule has 0 radical (unpaired) electrons. The van der Waals surface area contributed by atoms with Crippen molar-refractivity contribution in [1.82, 2.24) is 0 Å². The molecule has 0 spiro atoms. The molecular weight excluding hydrogens is 478 g/mol. The van der Waals surface area contributed by atoms with Gasteiger partial charge in [-0.1, -0.05) is 0 Å². The Labute approximate surface area is 232 Å². The molecule has 0 aromatic carbocycles. The molecule has 15 nitrogen and oxygen atoms in total. The normalized spacial score (nSPS) is 37.7. The number of carboxylic acid groups (broad SMARTS) is 2. The van der Waals surface area contributed by atoms with Crippen LogP contribution in [0.15, 0.2) is 0 Å². The Hall–Kier alpha value is 0.500. The third-order valence-corrected chi connectivity index (χ3v) is 4.60. The maximum Gasteiger partial charge on any atom is 1.00 e. The van der Waals surface area contributed by atoms with Gasteiger partial charge in [0.05, 0.1) is 13.2 Å². The van der Waals surface area contributed by atoms with E-state index in [2.05, 4.69) is 0 Å². The first kappa shape index (κ1) is 35.7. The summed E-state index contributed by atoms with van der Waals surface area (Å²) < 4.78 is 15.4. The number of aliphatic hydroxyl groups is 8. The molecule has 0 aliphatic carbocycles. The third-order valence-electron chi connectivity index (χ3n) is 4.60. The number of carbonyl (C=O) groups is 2. The Kier molecular flexibility index (Phi) is 17.6. The zero-order chi connectivity index (χ0) is 23.9. The molecule has 0 amide bonds. The minimum atomic E-state index is -2.22. The van der Waals surface area contributed by atoms with Crippen molar-refractivity contribution >= 4 is 11.9 Å². The molecule has 2 heterocycles. The van der Waals surface area contributed by atoms with Crippen LogP contribution in [0.5, 0.6) is 0 Å². The van der Waals surface area contributed by atoms with Crippen LogP contribution in [0.4, 0.5) is 0 Å². The summed E-state index contributed by atoms with van der Waals surface area (Å²) in [7, 11) is 0. The quantitative estimate of drug-likeness (QED) is 0.143. The largest absolute Gasteiger partial charge is 1.00 e. The van der Waals surface area contributed by atoms with Crippen molar-refractivity contribution in [3.8, 4) is 0 Å². The van der Waals surface area contributed by atoms with Crippen LogP contribution in [0.25, 0.3) is 0 Å². The van der Waals surface area contributed by atoms with Gasteiger partial charge in [-0.3, -0.25) is 0 Å². The number of aliphatic carboxylic acids is 2. The number of carbonyl (C=O) groups excluding carboxylic acids is 2. The van der Waals surface area contributed by atoms with E-state index in [1.807, 2.05) is 0 Å². The van der Waals surface area contributed by atoms with Crippen molar-refractivity contribution in [2.24, 2.45) is 0 Å². The van der Waals surface area contributed by atoms with Crippen LogP contribution in [-0.4, -0.2) is 127 Å². The van der Waals surface area contributed by atoms with Crippen molar-refractivity contribution in [2.45, 2.75) is 67.6 Å². The summed E-state index contributed by atoms with van der Waals surface area (Å²) in [6, 6.07) is 0. The predicted molar refractivity (Wildman–Crippen MR) is 87.9 cm³/mol. The van der Waals surface area contributed by atoms with Gasteiger partial charge in [-0.15, -0.1) is 0 Å². The SMILES string of the molecule is O=C([O-])CCC(=O)[O-].OC[C@H]1O[C@@](CO)(O[C@H]2O[C@H](CO)[C@@H](O)[C@H](O)[C@H]2O)[C@@H](O)[C@@H]1O.[Na+].[Na+]. The van der Waals surface area contributed by atoms with E-state index in [-0.39, 0.29) is 59.1 Å². The minimum Gasteiger partial charge on any atom is -0.550 e. The van der Waals surface area contributed by atoms with Crippen molar-refractivity contribution in [3.63, 3.8) is 0 Å². The van der Waals surface area contributed by atoms with Gasteiger partial charge in [0.1, 0.15) is 49.3 Å². The first-order valence-corrected chi connectivity index (χ1v) is 9.07. The molecule has 0 aromatic heterocycles. The van der Waals surface area contributed by atoms with Gasteiger partial charge in [0.2, 0.25) is 5.79 Å². The molecule has 0 saturated carbocycles. The fraction of sp³-hybridized carbons (Fsp3) is 0.875. The number of ether oxygens (including phenoxy) is 3. The molecular formula is C16H26Na2O15. The van der Waals surface area contributed by atoms with Crippen LogP contribution in [0.3, 0.4) is 0 Å². The predicted octanol–water partition coefficient (Wildman–Crippen LogP) is -14.1. The summed E-state index contributed by atoms with van der Waals surface area (Å²) >= 11 is 0. The zero-order valence-electron chi connectivity index (χ0n) is 18.1. The average molecular weight is 504 g/mol. The molecule has 9 atom stereocenters. The molecule has 182 valence electrons. The van der Waals surface area contributed by atoms with Gasteiger partial charge >= 0.3 is 59.1 Å². The molecule has 0 unspecified atom stereocenters. The van der Waals surface area contributed by atoms with Crippen molar-refractivity contribution in [2.75, 3.05) is 19.8 Å². The first-order valence-electron chi connectivity index (χ1n) is 9.07. The van der Waals surface area contributed by atoms with Crippen LogP contribution in [0.1, 0.15) is 12.8 Å². The van der Waals surface area contributed by atoms with Gasteiger partial charge in [-0.25, -0.2) is 0 Å². The second-order valence-corrected chi connectivity index (χ2v) is 6.80. The molecule has 0 bridgehead atoms. The standard InChI is InChI=1S/C12H22O11.C4H6O4.2Na/c13-1-4-6(16)8(18)9(19)11(21-4)23-12(3-15)10(20)7(17)5(2-14)22-12;5-3(6)1-2-4(7)8;;/h4-11,13-20H,1-3H2;1-2H2,(H,5,6)(H,7,8);;/q;;2*+1/p-2/t4-,5-,6-,7-,8+,9-,10+,11-,12+;;;/m1.../s1. The van der Waals surface area contributed by atoms with Crippen molar-refractivity contribution < 1.29 is 134 Å². The van der Waals surface area contributed by atoms with E-state index in [1.54, 1.807) is 0 Å². The second kappa shape index (κ2) is 16.3. The van der Waals surface area contributed by atoms with Crippen LogP contribution in [0, 0.1) is 0 Å². The first-order chi connectivity index (χ1) is 14.4. The Balaban J connectivity index is 0. The van der Waals surface area contributed by atoms with Gasteiger partial charge in [-0.05, 0) is 12.8 Å². The van der Waals surface area contributed by atoms with E-state index < -0.39 is 99.4 Å². The third kappa shape index (κ3) is 9.47. The van der Waals surface area contributed by atoms with E-state index in [0.29, 0.717) is 0 Å². The molecule has 2 saturated heterocycles. The summed E-state index contributed by atoms with van der Waals surface area (Å²) in [5.41, 5.74) is 0. The smallest absolute Gasteiger partial charge is 0.550 e. The maximum absolute atomic E-state index is 10.00. The van der Waals surface area contributed by atoms with E-state index in [9.17, 15) is 50.4 Å². The number of hydrogen-bond acceptors (Lipinski definition) is 15. The number of aliphatic hydroxyl groups excluding tert-OH is 8. The monoisotopic (exact) mass is 504 g/mol.